The molecule has 1 heterocycles. The Labute approximate surface area is 91.0 Å². The first-order valence-electron chi connectivity index (χ1n) is 4.60. The van der Waals surface area contributed by atoms with Crippen molar-refractivity contribution in [2.24, 2.45) is 0 Å². The summed E-state index contributed by atoms with van der Waals surface area (Å²) in [4.78, 5) is 21.0. The second-order valence-corrected chi connectivity index (χ2v) is 3.31. The lowest BCUT2D eigenvalue weighted by Crippen LogP contribution is -2.33. The number of amides is 1. The summed E-state index contributed by atoms with van der Waals surface area (Å²) in [6.07, 6.45) is 1.61. The van der Waals surface area contributed by atoms with Crippen molar-refractivity contribution in [3.63, 3.8) is 0 Å². The quantitative estimate of drug-likeness (QED) is 0.510. The highest BCUT2D eigenvalue weighted by atomic mass is 16.6. The summed E-state index contributed by atoms with van der Waals surface area (Å²) in [6, 6.07) is 0. The van der Waals surface area contributed by atoms with E-state index in [0.717, 1.165) is 10.9 Å². The van der Waals surface area contributed by atoms with Gasteiger partial charge in [0.1, 0.15) is 18.9 Å². The molecule has 2 N–H and O–H groups in total. The lowest BCUT2D eigenvalue weighted by atomic mass is 10.4. The maximum Gasteiger partial charge on any atom is 0.307 e. The van der Waals surface area contributed by atoms with Crippen molar-refractivity contribution in [3.8, 4) is 0 Å². The fourth-order valence-corrected chi connectivity index (χ4v) is 0.998. The van der Waals surface area contributed by atoms with Gasteiger partial charge in [-0.3, -0.25) is 19.6 Å². The topological polar surface area (TPSA) is 110 Å². The minimum atomic E-state index is -0.629. The highest BCUT2D eigenvalue weighted by Gasteiger charge is 2.11. The second kappa shape index (κ2) is 5.21. The van der Waals surface area contributed by atoms with Gasteiger partial charge in [0.15, 0.2) is 0 Å². The van der Waals surface area contributed by atoms with Crippen LogP contribution in [0.15, 0.2) is 12.4 Å². The van der Waals surface area contributed by atoms with Gasteiger partial charge in [-0.2, -0.15) is 5.10 Å². The van der Waals surface area contributed by atoms with Crippen molar-refractivity contribution >= 4 is 11.6 Å². The zero-order chi connectivity index (χ0) is 12.1. The van der Waals surface area contributed by atoms with Crippen LogP contribution in [0.3, 0.4) is 0 Å². The smallest absolute Gasteiger partial charge is 0.307 e. The first-order valence-corrected chi connectivity index (χ1v) is 4.60. The fraction of sp³-hybridized carbons (Fsp3) is 0.500. The minimum Gasteiger partial charge on any atom is -0.392 e. The van der Waals surface area contributed by atoms with Gasteiger partial charge in [0.2, 0.25) is 5.91 Å². The Morgan fingerprint density at radius 2 is 2.50 bits per heavy atom. The van der Waals surface area contributed by atoms with E-state index in [0.29, 0.717) is 0 Å². The van der Waals surface area contributed by atoms with Gasteiger partial charge in [-0.15, -0.1) is 0 Å². The lowest BCUT2D eigenvalue weighted by molar-refractivity contribution is -0.385. The average molecular weight is 228 g/mol. The summed E-state index contributed by atoms with van der Waals surface area (Å²) in [5, 5.41) is 25.4. The Morgan fingerprint density at radius 3 is 3.00 bits per heavy atom. The molecule has 1 aromatic heterocycles. The molecule has 1 aromatic rings. The molecule has 0 aromatic carbocycles. The number of hydrogen-bond acceptors (Lipinski definition) is 5. The van der Waals surface area contributed by atoms with Gasteiger partial charge in [-0.1, -0.05) is 0 Å². The predicted molar refractivity (Wildman–Crippen MR) is 53.6 cm³/mol. The van der Waals surface area contributed by atoms with E-state index >= 15 is 0 Å². The molecule has 1 atom stereocenters. The van der Waals surface area contributed by atoms with E-state index in [9.17, 15) is 14.9 Å². The molecule has 0 bridgehead atoms. The van der Waals surface area contributed by atoms with Crippen molar-refractivity contribution in [2.75, 3.05) is 6.54 Å². The average Bonchev–Trinajstić information content (AvgIpc) is 2.63. The molecule has 0 aliphatic rings. The highest BCUT2D eigenvalue weighted by Crippen LogP contribution is 2.07. The molecular formula is C8H12N4O4. The molecular weight excluding hydrogens is 216 g/mol. The number of carbonyl (C=O) groups excluding carboxylic acids is 1. The van der Waals surface area contributed by atoms with Crippen LogP contribution in [0.1, 0.15) is 6.92 Å². The number of nitrogens with zero attached hydrogens (tertiary/aromatic N) is 3. The van der Waals surface area contributed by atoms with Gasteiger partial charge in [-0.05, 0) is 6.92 Å². The largest absolute Gasteiger partial charge is 0.392 e. The molecule has 1 rings (SSSR count). The van der Waals surface area contributed by atoms with E-state index in [1.165, 1.54) is 6.20 Å². The van der Waals surface area contributed by atoms with Crippen molar-refractivity contribution < 1.29 is 14.8 Å². The van der Waals surface area contributed by atoms with Crippen LogP contribution in [0.5, 0.6) is 0 Å². The molecule has 0 aliphatic heterocycles. The number of aliphatic hydroxyl groups is 1. The van der Waals surface area contributed by atoms with Crippen LogP contribution in [0.2, 0.25) is 0 Å². The van der Waals surface area contributed by atoms with Gasteiger partial charge in [0.05, 0.1) is 11.0 Å². The molecule has 16 heavy (non-hydrogen) atoms. The summed E-state index contributed by atoms with van der Waals surface area (Å²) < 4.78 is 1.16. The molecule has 0 unspecified atom stereocenters. The van der Waals surface area contributed by atoms with Crippen molar-refractivity contribution in [2.45, 2.75) is 19.6 Å². The third-order valence-corrected chi connectivity index (χ3v) is 1.73. The van der Waals surface area contributed by atoms with E-state index in [-0.39, 0.29) is 24.7 Å². The van der Waals surface area contributed by atoms with E-state index < -0.39 is 11.0 Å². The molecule has 0 radical (unpaired) electrons. The number of carbonyl (C=O) groups is 1. The summed E-state index contributed by atoms with van der Waals surface area (Å²) in [6.45, 7) is 1.57. The van der Waals surface area contributed by atoms with E-state index in [4.69, 9.17) is 5.11 Å². The van der Waals surface area contributed by atoms with Gasteiger partial charge in [-0.25, -0.2) is 0 Å². The third kappa shape index (κ3) is 3.65. The van der Waals surface area contributed by atoms with E-state index in [2.05, 4.69) is 10.4 Å². The number of nitro groups is 1. The number of nitrogens with one attached hydrogen (secondary N) is 1. The summed E-state index contributed by atoms with van der Waals surface area (Å²) in [5.74, 6) is -0.362. The Bertz CT molecular complexity index is 387. The van der Waals surface area contributed by atoms with Gasteiger partial charge in [0, 0.05) is 6.54 Å². The molecule has 0 aliphatic carbocycles. The number of aliphatic hydroxyl groups excluding tert-OH is 1. The molecule has 0 fully saturated rings. The maximum absolute atomic E-state index is 11.2. The predicted octanol–water partition coefficient (Wildman–Crippen LogP) is -0.712. The van der Waals surface area contributed by atoms with Crippen LogP contribution in [-0.4, -0.2) is 38.4 Å². The zero-order valence-electron chi connectivity index (χ0n) is 8.66. The van der Waals surface area contributed by atoms with Gasteiger partial charge < -0.3 is 10.4 Å². The molecule has 0 spiro atoms. The third-order valence-electron chi connectivity index (χ3n) is 1.73. The molecule has 8 heteroatoms. The molecule has 88 valence electrons. The number of aromatic nitrogens is 2. The fourth-order valence-electron chi connectivity index (χ4n) is 0.998. The van der Waals surface area contributed by atoms with E-state index in [1.54, 1.807) is 6.92 Å². The van der Waals surface area contributed by atoms with Crippen molar-refractivity contribution in [1.82, 2.24) is 15.1 Å². The SMILES string of the molecule is C[C@@H](O)CNC(=O)Cn1cc([N+](=O)[O-])cn1. The number of hydrogen-bond donors (Lipinski definition) is 2. The summed E-state index contributed by atoms with van der Waals surface area (Å²) >= 11 is 0. The van der Waals surface area contributed by atoms with E-state index in [1.807, 2.05) is 0 Å². The van der Waals surface area contributed by atoms with Crippen molar-refractivity contribution in [3.05, 3.63) is 22.5 Å². The normalized spacial score (nSPS) is 12.1. The van der Waals surface area contributed by atoms with Gasteiger partial charge >= 0.3 is 5.69 Å². The first-order chi connectivity index (χ1) is 7.49. The minimum absolute atomic E-state index is 0.111. The zero-order valence-corrected chi connectivity index (χ0v) is 8.66. The van der Waals surface area contributed by atoms with Gasteiger partial charge in [0.25, 0.3) is 0 Å². The molecule has 1 amide bonds. The van der Waals surface area contributed by atoms with Crippen LogP contribution < -0.4 is 5.32 Å². The van der Waals surface area contributed by atoms with Crippen LogP contribution in [0.25, 0.3) is 0 Å². The van der Waals surface area contributed by atoms with Crippen LogP contribution >= 0.6 is 0 Å². The van der Waals surface area contributed by atoms with Crippen LogP contribution in [-0.2, 0) is 11.3 Å². The Balaban J connectivity index is 2.46. The monoisotopic (exact) mass is 228 g/mol. The Kier molecular flexibility index (Phi) is 3.95. The molecule has 0 saturated heterocycles. The number of rotatable bonds is 5. The highest BCUT2D eigenvalue weighted by molar-refractivity contribution is 5.75. The standard InChI is InChI=1S/C8H12N4O4/c1-6(13)2-9-8(14)5-11-4-7(3-10-11)12(15)16/h3-4,6,13H,2,5H2,1H3,(H,9,14)/t6-/m1/s1. The Hall–Kier alpha value is -1.96. The first kappa shape index (κ1) is 12.1. The second-order valence-electron chi connectivity index (χ2n) is 3.31. The molecule has 8 nitrogen and oxygen atoms in total. The summed E-state index contributed by atoms with van der Waals surface area (Å²) in [5.41, 5.74) is -0.164. The van der Waals surface area contributed by atoms with Crippen LogP contribution in [0, 0.1) is 10.1 Å². The lowest BCUT2D eigenvalue weighted by Gasteiger charge is -2.06. The Morgan fingerprint density at radius 1 is 1.81 bits per heavy atom. The van der Waals surface area contributed by atoms with Crippen LogP contribution in [0.4, 0.5) is 5.69 Å². The summed E-state index contributed by atoms with van der Waals surface area (Å²) in [7, 11) is 0. The van der Waals surface area contributed by atoms with Crippen molar-refractivity contribution in [1.29, 1.82) is 0 Å². The maximum atomic E-state index is 11.2. The molecule has 0 saturated carbocycles.